The van der Waals surface area contributed by atoms with Gasteiger partial charge in [-0.05, 0) is 24.3 Å². The summed E-state index contributed by atoms with van der Waals surface area (Å²) in [4.78, 5) is 0. The summed E-state index contributed by atoms with van der Waals surface area (Å²) in [6.07, 6.45) is 3.76. The van der Waals surface area contributed by atoms with Crippen LogP contribution in [0.3, 0.4) is 0 Å². The lowest BCUT2D eigenvalue weighted by Gasteiger charge is -2.30. The molecule has 0 atom stereocenters. The number of aliphatic hydroxyl groups excluding tert-OH is 1. The molecule has 3 heterocycles. The predicted octanol–water partition coefficient (Wildman–Crippen LogP) is 0.900. The number of nitrogens with zero attached hydrogens (tertiary/aromatic N) is 4. The number of aromatic nitrogens is 3. The van der Waals surface area contributed by atoms with E-state index in [0.29, 0.717) is 36.6 Å². The third kappa shape index (κ3) is 3.07. The summed E-state index contributed by atoms with van der Waals surface area (Å²) >= 11 is 1.25. The van der Waals surface area contributed by atoms with Crippen molar-refractivity contribution in [1.29, 1.82) is 0 Å². The third-order valence-electron chi connectivity index (χ3n) is 3.81. The van der Waals surface area contributed by atoms with Crippen molar-refractivity contribution in [3.8, 4) is 0 Å². The number of hydrogen-bond donors (Lipinski definition) is 1. The van der Waals surface area contributed by atoms with E-state index in [4.69, 9.17) is 5.11 Å². The summed E-state index contributed by atoms with van der Waals surface area (Å²) in [5.74, 6) is 0. The van der Waals surface area contributed by atoms with Crippen molar-refractivity contribution in [2.75, 3.05) is 19.7 Å². The van der Waals surface area contributed by atoms with E-state index in [-0.39, 0.29) is 12.6 Å². The summed E-state index contributed by atoms with van der Waals surface area (Å²) in [6, 6.07) is 3.56. The van der Waals surface area contributed by atoms with E-state index in [1.807, 2.05) is 6.20 Å². The van der Waals surface area contributed by atoms with Gasteiger partial charge >= 0.3 is 0 Å². The zero-order valence-corrected chi connectivity index (χ0v) is 13.6. The molecule has 0 amide bonds. The van der Waals surface area contributed by atoms with Crippen LogP contribution < -0.4 is 0 Å². The van der Waals surface area contributed by atoms with Gasteiger partial charge in [0.15, 0.2) is 0 Å². The predicted molar refractivity (Wildman–Crippen MR) is 82.2 cm³/mol. The fourth-order valence-corrected chi connectivity index (χ4v) is 5.22. The van der Waals surface area contributed by atoms with Crippen molar-refractivity contribution in [2.24, 2.45) is 0 Å². The van der Waals surface area contributed by atoms with Crippen LogP contribution in [0.1, 0.15) is 24.6 Å². The van der Waals surface area contributed by atoms with Crippen LogP contribution in [0, 0.1) is 0 Å². The van der Waals surface area contributed by atoms with Crippen LogP contribution in [-0.4, -0.2) is 52.5 Å². The molecule has 3 rings (SSSR count). The zero-order valence-electron chi connectivity index (χ0n) is 12.0. The van der Waals surface area contributed by atoms with Crippen molar-refractivity contribution in [3.63, 3.8) is 0 Å². The zero-order chi connectivity index (χ0) is 15.6. The van der Waals surface area contributed by atoms with E-state index < -0.39 is 10.0 Å². The van der Waals surface area contributed by atoms with Crippen LogP contribution in [0.4, 0.5) is 0 Å². The summed E-state index contributed by atoms with van der Waals surface area (Å²) in [6.45, 7) is 1.02. The summed E-state index contributed by atoms with van der Waals surface area (Å²) in [7, 11) is -3.35. The van der Waals surface area contributed by atoms with Crippen molar-refractivity contribution in [2.45, 2.75) is 29.5 Å². The summed E-state index contributed by atoms with van der Waals surface area (Å²) < 4.78 is 28.6. The van der Waals surface area contributed by atoms with E-state index >= 15 is 0 Å². The largest absolute Gasteiger partial charge is 0.396 e. The van der Waals surface area contributed by atoms with Gasteiger partial charge in [0.1, 0.15) is 4.21 Å². The highest BCUT2D eigenvalue weighted by molar-refractivity contribution is 7.91. The molecule has 2 aromatic rings. The minimum Gasteiger partial charge on any atom is -0.396 e. The van der Waals surface area contributed by atoms with Crippen LogP contribution in [-0.2, 0) is 16.4 Å². The molecule has 2 aromatic heterocycles. The average molecular weight is 342 g/mol. The topological polar surface area (TPSA) is 88.3 Å². The molecule has 1 aliphatic heterocycles. The van der Waals surface area contributed by atoms with Gasteiger partial charge in [0, 0.05) is 32.3 Å². The molecule has 22 heavy (non-hydrogen) atoms. The minimum atomic E-state index is -3.35. The van der Waals surface area contributed by atoms with Crippen LogP contribution in [0.25, 0.3) is 0 Å². The molecule has 0 radical (unpaired) electrons. The normalized spacial score (nSPS) is 17.9. The van der Waals surface area contributed by atoms with Crippen LogP contribution in [0.15, 0.2) is 27.9 Å². The highest BCUT2D eigenvalue weighted by Crippen LogP contribution is 2.28. The number of piperidine rings is 1. The maximum Gasteiger partial charge on any atom is 0.252 e. The molecule has 0 aliphatic carbocycles. The quantitative estimate of drug-likeness (QED) is 0.872. The molecule has 0 spiro atoms. The standard InChI is InChI=1S/C13H18N4O3S2/c18-8-5-11-10-17(15-14-11)12-3-6-16(7-4-12)22(19,20)13-2-1-9-21-13/h1-2,9-10,12,18H,3-8H2. The Bertz CT molecular complexity index is 703. The maximum atomic E-state index is 12.5. The highest BCUT2D eigenvalue weighted by atomic mass is 32.2. The van der Waals surface area contributed by atoms with Gasteiger partial charge in [-0.1, -0.05) is 11.3 Å². The molecule has 7 nitrogen and oxygen atoms in total. The Morgan fingerprint density at radius 2 is 2.14 bits per heavy atom. The molecule has 120 valence electrons. The van der Waals surface area contributed by atoms with Crippen molar-refractivity contribution < 1.29 is 13.5 Å². The lowest BCUT2D eigenvalue weighted by molar-refractivity contribution is 0.258. The van der Waals surface area contributed by atoms with Gasteiger partial charge < -0.3 is 5.11 Å². The Morgan fingerprint density at radius 3 is 2.77 bits per heavy atom. The summed E-state index contributed by atoms with van der Waals surface area (Å²) in [5.41, 5.74) is 0.760. The molecule has 9 heteroatoms. The van der Waals surface area contributed by atoms with Gasteiger partial charge in [-0.25, -0.2) is 13.1 Å². The number of aliphatic hydroxyl groups is 1. The van der Waals surface area contributed by atoms with E-state index in [1.54, 1.807) is 26.5 Å². The van der Waals surface area contributed by atoms with Crippen LogP contribution in [0.2, 0.25) is 0 Å². The van der Waals surface area contributed by atoms with Gasteiger partial charge in [0.2, 0.25) is 0 Å². The molecule has 0 aromatic carbocycles. The Labute approximate surface area is 133 Å². The molecular formula is C13H18N4O3S2. The molecule has 1 saturated heterocycles. The van der Waals surface area contributed by atoms with E-state index in [0.717, 1.165) is 5.69 Å². The van der Waals surface area contributed by atoms with Gasteiger partial charge in [0.25, 0.3) is 10.0 Å². The van der Waals surface area contributed by atoms with Crippen molar-refractivity contribution in [3.05, 3.63) is 29.4 Å². The summed E-state index contributed by atoms with van der Waals surface area (Å²) in [5, 5.41) is 18.8. The molecular weight excluding hydrogens is 324 g/mol. The monoisotopic (exact) mass is 342 g/mol. The van der Waals surface area contributed by atoms with Gasteiger partial charge in [-0.15, -0.1) is 16.4 Å². The third-order valence-corrected chi connectivity index (χ3v) is 7.08. The maximum absolute atomic E-state index is 12.5. The van der Waals surface area contributed by atoms with Crippen LogP contribution in [0.5, 0.6) is 0 Å². The second-order valence-electron chi connectivity index (χ2n) is 5.23. The minimum absolute atomic E-state index is 0.0518. The van der Waals surface area contributed by atoms with Crippen molar-refractivity contribution >= 4 is 21.4 Å². The second kappa shape index (κ2) is 6.45. The first-order valence-electron chi connectivity index (χ1n) is 7.16. The fourth-order valence-electron chi connectivity index (χ4n) is 2.61. The average Bonchev–Trinajstić information content (AvgIpc) is 3.20. The lowest BCUT2D eigenvalue weighted by atomic mass is 10.1. The first-order chi connectivity index (χ1) is 10.6. The van der Waals surface area contributed by atoms with Crippen LogP contribution >= 0.6 is 11.3 Å². The molecule has 0 bridgehead atoms. The Balaban J connectivity index is 1.65. The molecule has 1 N–H and O–H groups in total. The smallest absolute Gasteiger partial charge is 0.252 e. The fraction of sp³-hybridized carbons (Fsp3) is 0.538. The first kappa shape index (κ1) is 15.6. The molecule has 0 unspecified atom stereocenters. The van der Waals surface area contributed by atoms with Gasteiger partial charge in [-0.3, -0.25) is 0 Å². The van der Waals surface area contributed by atoms with Gasteiger partial charge in [0.05, 0.1) is 11.7 Å². The Hall–Kier alpha value is -1.29. The molecule has 0 saturated carbocycles. The number of rotatable bonds is 5. The second-order valence-corrected chi connectivity index (χ2v) is 8.34. The number of thiophene rings is 1. The van der Waals surface area contributed by atoms with E-state index in [1.165, 1.54) is 11.3 Å². The highest BCUT2D eigenvalue weighted by Gasteiger charge is 2.30. The first-order valence-corrected chi connectivity index (χ1v) is 9.48. The van der Waals surface area contributed by atoms with E-state index in [9.17, 15) is 8.42 Å². The number of hydrogen-bond acceptors (Lipinski definition) is 6. The number of sulfonamides is 1. The Morgan fingerprint density at radius 1 is 1.36 bits per heavy atom. The lowest BCUT2D eigenvalue weighted by Crippen LogP contribution is -2.38. The van der Waals surface area contributed by atoms with Crippen molar-refractivity contribution in [1.82, 2.24) is 19.3 Å². The SMILES string of the molecule is O=S(=O)(c1cccs1)N1CCC(n2cc(CCO)nn2)CC1. The van der Waals surface area contributed by atoms with Gasteiger partial charge in [-0.2, -0.15) is 4.31 Å². The molecule has 1 fully saturated rings. The van der Waals surface area contributed by atoms with E-state index in [2.05, 4.69) is 10.3 Å². The Kier molecular flexibility index (Phi) is 4.57. The molecule has 1 aliphatic rings.